The van der Waals surface area contributed by atoms with Crippen LogP contribution in [0.2, 0.25) is 0 Å². The minimum Gasteiger partial charge on any atom is -0.481 e. The van der Waals surface area contributed by atoms with E-state index in [9.17, 15) is 14.7 Å². The number of carbonyl (C=O) groups is 2. The molecule has 0 aliphatic carbocycles. The van der Waals surface area contributed by atoms with Gasteiger partial charge in [-0.05, 0) is 19.3 Å². The van der Waals surface area contributed by atoms with E-state index in [-0.39, 0.29) is 12.8 Å². The standard InChI is InChI=1S/C28H54O5/c1-3-5-7-9-10-11-12-13-14-15-16-18-19-21-25(29)23-28(32)33-26(24-27(30)31)22-20-17-8-6-4-2/h25-26,29H,3-24H2,1-2H3,(H,30,31). The molecule has 0 saturated heterocycles. The highest BCUT2D eigenvalue weighted by molar-refractivity contribution is 5.71. The van der Waals surface area contributed by atoms with E-state index in [4.69, 9.17) is 9.84 Å². The third-order valence-corrected chi connectivity index (χ3v) is 6.37. The van der Waals surface area contributed by atoms with Crippen LogP contribution in [0.3, 0.4) is 0 Å². The fraction of sp³-hybridized carbons (Fsp3) is 0.929. The molecule has 0 spiro atoms. The summed E-state index contributed by atoms with van der Waals surface area (Å²) in [6.07, 6.45) is 21.7. The number of unbranched alkanes of at least 4 members (excludes halogenated alkanes) is 16. The first kappa shape index (κ1) is 31.9. The van der Waals surface area contributed by atoms with Crippen molar-refractivity contribution in [1.82, 2.24) is 0 Å². The van der Waals surface area contributed by atoms with Gasteiger partial charge < -0.3 is 14.9 Å². The van der Waals surface area contributed by atoms with Gasteiger partial charge in [0.2, 0.25) is 0 Å². The minimum atomic E-state index is -0.950. The summed E-state index contributed by atoms with van der Waals surface area (Å²) in [6.45, 7) is 4.41. The molecule has 0 bridgehead atoms. The number of ether oxygens (including phenoxy) is 1. The highest BCUT2D eigenvalue weighted by Crippen LogP contribution is 2.16. The molecule has 0 heterocycles. The Morgan fingerprint density at radius 2 is 1.00 bits per heavy atom. The van der Waals surface area contributed by atoms with Crippen molar-refractivity contribution in [2.45, 2.75) is 167 Å². The largest absolute Gasteiger partial charge is 0.481 e. The van der Waals surface area contributed by atoms with E-state index in [1.54, 1.807) is 0 Å². The summed E-state index contributed by atoms with van der Waals surface area (Å²) in [7, 11) is 0. The molecule has 196 valence electrons. The van der Waals surface area contributed by atoms with Crippen molar-refractivity contribution in [3.05, 3.63) is 0 Å². The number of esters is 1. The van der Waals surface area contributed by atoms with Gasteiger partial charge >= 0.3 is 11.9 Å². The topological polar surface area (TPSA) is 83.8 Å². The molecule has 5 nitrogen and oxygen atoms in total. The van der Waals surface area contributed by atoms with Crippen LogP contribution in [-0.2, 0) is 14.3 Å². The lowest BCUT2D eigenvalue weighted by molar-refractivity contribution is -0.155. The zero-order chi connectivity index (χ0) is 24.6. The van der Waals surface area contributed by atoms with Crippen LogP contribution in [0.15, 0.2) is 0 Å². The van der Waals surface area contributed by atoms with Gasteiger partial charge in [-0.2, -0.15) is 0 Å². The van der Waals surface area contributed by atoms with Crippen molar-refractivity contribution in [3.8, 4) is 0 Å². The Kier molecular flexibility index (Phi) is 23.2. The number of hydrogen-bond donors (Lipinski definition) is 2. The van der Waals surface area contributed by atoms with Crippen molar-refractivity contribution in [1.29, 1.82) is 0 Å². The summed E-state index contributed by atoms with van der Waals surface area (Å²) in [5.41, 5.74) is 0. The molecular formula is C28H54O5. The Labute approximate surface area is 204 Å². The average Bonchev–Trinajstić information content (AvgIpc) is 2.76. The second-order valence-corrected chi connectivity index (χ2v) is 9.80. The molecule has 5 heteroatoms. The molecule has 2 atom stereocenters. The molecule has 0 aromatic rings. The fourth-order valence-corrected chi connectivity index (χ4v) is 4.30. The van der Waals surface area contributed by atoms with Crippen molar-refractivity contribution in [3.63, 3.8) is 0 Å². The lowest BCUT2D eigenvalue weighted by Crippen LogP contribution is -2.24. The molecule has 0 radical (unpaired) electrons. The SMILES string of the molecule is CCCCCCCCCCCCCCCC(O)CC(=O)OC(CCCCCCC)CC(=O)O. The third-order valence-electron chi connectivity index (χ3n) is 6.37. The number of rotatable bonds is 25. The lowest BCUT2D eigenvalue weighted by atomic mass is 10.0. The first-order chi connectivity index (χ1) is 16.0. The molecule has 0 aliphatic rings. The number of carboxylic acids is 1. The maximum Gasteiger partial charge on any atom is 0.308 e. The van der Waals surface area contributed by atoms with Crippen LogP contribution < -0.4 is 0 Å². The Hall–Kier alpha value is -1.10. The molecule has 0 amide bonds. The summed E-state index contributed by atoms with van der Waals surface area (Å²) in [5.74, 6) is -1.43. The predicted molar refractivity (Wildman–Crippen MR) is 136 cm³/mol. The number of carbonyl (C=O) groups excluding carboxylic acids is 1. The number of aliphatic carboxylic acids is 1. The summed E-state index contributed by atoms with van der Waals surface area (Å²) in [4.78, 5) is 23.2. The third kappa shape index (κ3) is 23.8. The van der Waals surface area contributed by atoms with Gasteiger partial charge in [-0.25, -0.2) is 0 Å². The summed E-state index contributed by atoms with van der Waals surface area (Å²) < 4.78 is 5.38. The second-order valence-electron chi connectivity index (χ2n) is 9.80. The minimum absolute atomic E-state index is 0.0375. The van der Waals surface area contributed by atoms with Gasteiger partial charge in [-0.3, -0.25) is 9.59 Å². The number of carboxylic acid groups (broad SMARTS) is 1. The van der Waals surface area contributed by atoms with Gasteiger partial charge in [0.25, 0.3) is 0 Å². The van der Waals surface area contributed by atoms with Crippen LogP contribution in [0.1, 0.15) is 155 Å². The zero-order valence-electron chi connectivity index (χ0n) is 21.8. The molecular weight excluding hydrogens is 416 g/mol. The normalized spacial score (nSPS) is 13.1. The molecule has 0 fully saturated rings. The molecule has 0 aromatic carbocycles. The average molecular weight is 471 g/mol. The maximum atomic E-state index is 12.1. The van der Waals surface area contributed by atoms with Gasteiger partial charge in [-0.15, -0.1) is 0 Å². The summed E-state index contributed by atoms with van der Waals surface area (Å²) in [5, 5.41) is 19.2. The number of hydrogen-bond acceptors (Lipinski definition) is 4. The van der Waals surface area contributed by atoms with E-state index >= 15 is 0 Å². The van der Waals surface area contributed by atoms with E-state index in [0.717, 1.165) is 38.5 Å². The van der Waals surface area contributed by atoms with E-state index in [0.29, 0.717) is 12.8 Å². The monoisotopic (exact) mass is 470 g/mol. The van der Waals surface area contributed by atoms with Crippen molar-refractivity contribution in [2.75, 3.05) is 0 Å². The van der Waals surface area contributed by atoms with Gasteiger partial charge in [0.05, 0.1) is 18.9 Å². The van der Waals surface area contributed by atoms with Crippen molar-refractivity contribution >= 4 is 11.9 Å². The molecule has 0 rings (SSSR count). The van der Waals surface area contributed by atoms with Crippen LogP contribution >= 0.6 is 0 Å². The van der Waals surface area contributed by atoms with Gasteiger partial charge in [0.1, 0.15) is 6.10 Å². The summed E-state index contributed by atoms with van der Waals surface area (Å²) >= 11 is 0. The van der Waals surface area contributed by atoms with Crippen LogP contribution in [0.5, 0.6) is 0 Å². The molecule has 2 unspecified atom stereocenters. The van der Waals surface area contributed by atoms with Gasteiger partial charge in [-0.1, -0.05) is 123 Å². The Bertz CT molecular complexity index is 452. The van der Waals surface area contributed by atoms with E-state index in [1.165, 1.54) is 77.0 Å². The predicted octanol–water partition coefficient (Wildman–Crippen LogP) is 7.97. The van der Waals surface area contributed by atoms with Crippen LogP contribution in [0.4, 0.5) is 0 Å². The first-order valence-electron chi connectivity index (χ1n) is 14.1. The molecule has 0 saturated carbocycles. The number of aliphatic hydroxyl groups is 1. The Morgan fingerprint density at radius 1 is 0.606 bits per heavy atom. The highest BCUT2D eigenvalue weighted by Gasteiger charge is 2.20. The second kappa shape index (κ2) is 24.0. The molecule has 2 N–H and O–H groups in total. The first-order valence-corrected chi connectivity index (χ1v) is 14.1. The van der Waals surface area contributed by atoms with Crippen LogP contribution in [0, 0.1) is 0 Å². The quantitative estimate of drug-likeness (QED) is 0.104. The zero-order valence-corrected chi connectivity index (χ0v) is 21.8. The highest BCUT2D eigenvalue weighted by atomic mass is 16.5. The fourth-order valence-electron chi connectivity index (χ4n) is 4.30. The smallest absolute Gasteiger partial charge is 0.308 e. The summed E-state index contributed by atoms with van der Waals surface area (Å²) in [6, 6.07) is 0. The molecule has 0 aromatic heterocycles. The Balaban J connectivity index is 3.73. The Morgan fingerprint density at radius 3 is 1.42 bits per heavy atom. The van der Waals surface area contributed by atoms with Gasteiger partial charge in [0, 0.05) is 0 Å². The van der Waals surface area contributed by atoms with Gasteiger partial charge in [0.15, 0.2) is 0 Å². The van der Waals surface area contributed by atoms with Crippen LogP contribution in [-0.4, -0.2) is 34.4 Å². The van der Waals surface area contributed by atoms with Crippen molar-refractivity contribution in [2.24, 2.45) is 0 Å². The maximum absolute atomic E-state index is 12.1. The van der Waals surface area contributed by atoms with Crippen LogP contribution in [0.25, 0.3) is 0 Å². The lowest BCUT2D eigenvalue weighted by Gasteiger charge is -2.17. The molecule has 0 aliphatic heterocycles. The van der Waals surface area contributed by atoms with E-state index < -0.39 is 24.1 Å². The van der Waals surface area contributed by atoms with Crippen molar-refractivity contribution < 1.29 is 24.5 Å². The number of aliphatic hydroxyl groups excluding tert-OH is 1. The van der Waals surface area contributed by atoms with E-state index in [2.05, 4.69) is 13.8 Å². The molecule has 33 heavy (non-hydrogen) atoms. The van der Waals surface area contributed by atoms with E-state index in [1.807, 2.05) is 0 Å².